The zero-order valence-corrected chi connectivity index (χ0v) is 19.9. The molecule has 8 rings (SSSR count). The van der Waals surface area contributed by atoms with E-state index in [1.165, 1.54) is 5.39 Å². The van der Waals surface area contributed by atoms with Crippen molar-refractivity contribution in [3.8, 4) is 28.2 Å². The van der Waals surface area contributed by atoms with E-state index in [1.54, 1.807) is 6.26 Å². The van der Waals surface area contributed by atoms with Crippen LogP contribution in [-0.4, -0.2) is 14.0 Å². The van der Waals surface area contributed by atoms with E-state index in [4.69, 9.17) is 9.40 Å². The summed E-state index contributed by atoms with van der Waals surface area (Å²) in [7, 11) is 0. The van der Waals surface area contributed by atoms with Crippen LogP contribution in [0.4, 0.5) is 0 Å². The Bertz CT molecular complexity index is 2080. The van der Waals surface area contributed by atoms with Crippen LogP contribution in [0.15, 0.2) is 132 Å². The lowest BCUT2D eigenvalue weighted by Crippen LogP contribution is -1.94. The Morgan fingerprint density at radius 1 is 0.622 bits per heavy atom. The van der Waals surface area contributed by atoms with Gasteiger partial charge in [0.2, 0.25) is 0 Å². The van der Waals surface area contributed by atoms with Crippen molar-refractivity contribution in [1.29, 1.82) is 0 Å². The average molecular weight is 476 g/mol. The summed E-state index contributed by atoms with van der Waals surface area (Å²) in [4.78, 5) is 5.02. The van der Waals surface area contributed by atoms with E-state index in [1.807, 2.05) is 24.3 Å². The molecule has 0 saturated heterocycles. The Kier molecular flexibility index (Phi) is 4.19. The zero-order chi connectivity index (χ0) is 24.3. The lowest BCUT2D eigenvalue weighted by Gasteiger charge is -2.10. The molecule has 4 aromatic heterocycles. The SMILES string of the molecule is c1ccc(-c2c(-c3ccc(-n4c5ccccc5c5c6occc6ccc54)cc3)nc3ccccn23)cc1. The first-order valence-electron chi connectivity index (χ1n) is 12.4. The minimum Gasteiger partial charge on any atom is -0.464 e. The molecule has 0 fully saturated rings. The van der Waals surface area contributed by atoms with Gasteiger partial charge in [0.15, 0.2) is 0 Å². The highest BCUT2D eigenvalue weighted by Crippen LogP contribution is 2.38. The molecule has 0 aliphatic carbocycles. The molecule has 8 aromatic rings. The van der Waals surface area contributed by atoms with Gasteiger partial charge in [-0.15, -0.1) is 0 Å². The van der Waals surface area contributed by atoms with Crippen LogP contribution in [0, 0.1) is 0 Å². The summed E-state index contributed by atoms with van der Waals surface area (Å²) in [6.45, 7) is 0. The number of hydrogen-bond donors (Lipinski definition) is 0. The van der Waals surface area contributed by atoms with Crippen LogP contribution in [-0.2, 0) is 0 Å². The minimum atomic E-state index is 0.932. The quantitative estimate of drug-likeness (QED) is 0.257. The molecule has 0 radical (unpaired) electrons. The number of hydrogen-bond acceptors (Lipinski definition) is 2. The van der Waals surface area contributed by atoms with Crippen LogP contribution < -0.4 is 0 Å². The molecule has 4 aromatic carbocycles. The second-order valence-electron chi connectivity index (χ2n) is 9.30. The topological polar surface area (TPSA) is 35.4 Å². The highest BCUT2D eigenvalue weighted by molar-refractivity contribution is 6.19. The summed E-state index contributed by atoms with van der Waals surface area (Å²) < 4.78 is 10.4. The summed E-state index contributed by atoms with van der Waals surface area (Å²) >= 11 is 0. The Labute approximate surface area is 212 Å². The second-order valence-corrected chi connectivity index (χ2v) is 9.30. The van der Waals surface area contributed by atoms with Gasteiger partial charge in [-0.05, 0) is 48.5 Å². The van der Waals surface area contributed by atoms with E-state index < -0.39 is 0 Å². The molecule has 0 N–H and O–H groups in total. The van der Waals surface area contributed by atoms with Crippen molar-refractivity contribution in [3.05, 3.63) is 128 Å². The predicted octanol–water partition coefficient (Wildman–Crippen LogP) is 8.51. The van der Waals surface area contributed by atoms with Gasteiger partial charge in [0.1, 0.15) is 11.2 Å². The van der Waals surface area contributed by atoms with Crippen molar-refractivity contribution in [2.75, 3.05) is 0 Å². The van der Waals surface area contributed by atoms with Gasteiger partial charge in [0, 0.05) is 33.8 Å². The molecule has 0 unspecified atom stereocenters. The maximum Gasteiger partial charge on any atom is 0.143 e. The maximum atomic E-state index is 5.93. The predicted molar refractivity (Wildman–Crippen MR) is 150 cm³/mol. The van der Waals surface area contributed by atoms with Crippen molar-refractivity contribution in [2.45, 2.75) is 0 Å². The van der Waals surface area contributed by atoms with Gasteiger partial charge >= 0.3 is 0 Å². The van der Waals surface area contributed by atoms with Gasteiger partial charge in [0.25, 0.3) is 0 Å². The molecule has 0 aliphatic rings. The van der Waals surface area contributed by atoms with Gasteiger partial charge in [-0.2, -0.15) is 0 Å². The Balaban J connectivity index is 1.34. The molecule has 37 heavy (non-hydrogen) atoms. The van der Waals surface area contributed by atoms with E-state index in [0.717, 1.165) is 61.2 Å². The van der Waals surface area contributed by atoms with Gasteiger partial charge in [-0.25, -0.2) is 4.98 Å². The highest BCUT2D eigenvalue weighted by Gasteiger charge is 2.18. The minimum absolute atomic E-state index is 0.932. The number of pyridine rings is 1. The molecule has 4 nitrogen and oxygen atoms in total. The molecule has 0 saturated carbocycles. The largest absolute Gasteiger partial charge is 0.464 e. The zero-order valence-electron chi connectivity index (χ0n) is 19.9. The molecule has 4 heteroatoms. The number of aromatic nitrogens is 3. The molecule has 0 bridgehead atoms. The molecular weight excluding hydrogens is 454 g/mol. The normalized spacial score (nSPS) is 11.8. The molecule has 174 valence electrons. The fourth-order valence-electron chi connectivity index (χ4n) is 5.59. The first-order chi connectivity index (χ1) is 18.4. The summed E-state index contributed by atoms with van der Waals surface area (Å²) in [5.74, 6) is 0. The van der Waals surface area contributed by atoms with Crippen LogP contribution in [0.2, 0.25) is 0 Å². The number of para-hydroxylation sites is 1. The summed E-state index contributed by atoms with van der Waals surface area (Å²) in [6, 6.07) is 40.2. The standard InChI is InChI=1S/C33H21N3O/c1-2-8-23(9-3-1)32-31(34-29-12-6-7-20-35(29)32)22-13-16-25(17-14-22)36-27-11-5-4-10-26(27)30-28(36)18-15-24-19-21-37-33(24)30/h1-21H. The third kappa shape index (κ3) is 2.93. The number of fused-ring (bicyclic) bond motifs is 6. The van der Waals surface area contributed by atoms with E-state index in [9.17, 15) is 0 Å². The van der Waals surface area contributed by atoms with E-state index in [0.29, 0.717) is 0 Å². The highest BCUT2D eigenvalue weighted by atomic mass is 16.3. The summed E-state index contributed by atoms with van der Waals surface area (Å²) in [6.07, 6.45) is 3.85. The van der Waals surface area contributed by atoms with Gasteiger partial charge < -0.3 is 8.98 Å². The van der Waals surface area contributed by atoms with E-state index >= 15 is 0 Å². The summed E-state index contributed by atoms with van der Waals surface area (Å²) in [5.41, 5.74) is 9.56. The molecular formula is C33H21N3O. The first-order valence-corrected chi connectivity index (χ1v) is 12.4. The number of nitrogens with zero attached hydrogens (tertiary/aromatic N) is 3. The number of rotatable bonds is 3. The third-order valence-corrected chi connectivity index (χ3v) is 7.23. The van der Waals surface area contributed by atoms with Gasteiger partial charge in [-0.1, -0.05) is 66.7 Å². The Morgan fingerprint density at radius 2 is 1.43 bits per heavy atom. The van der Waals surface area contributed by atoms with Crippen molar-refractivity contribution in [3.63, 3.8) is 0 Å². The maximum absolute atomic E-state index is 5.93. The average Bonchev–Trinajstić information content (AvgIpc) is 3.67. The van der Waals surface area contributed by atoms with Crippen molar-refractivity contribution in [2.24, 2.45) is 0 Å². The fourth-order valence-corrected chi connectivity index (χ4v) is 5.59. The fraction of sp³-hybridized carbons (Fsp3) is 0. The van der Waals surface area contributed by atoms with Gasteiger partial charge in [-0.3, -0.25) is 4.40 Å². The van der Waals surface area contributed by atoms with Crippen LogP contribution in [0.1, 0.15) is 0 Å². The molecule has 4 heterocycles. The monoisotopic (exact) mass is 475 g/mol. The number of furan rings is 1. The lowest BCUT2D eigenvalue weighted by molar-refractivity contribution is 0.619. The first kappa shape index (κ1) is 20.1. The third-order valence-electron chi connectivity index (χ3n) is 7.23. The smallest absolute Gasteiger partial charge is 0.143 e. The lowest BCUT2D eigenvalue weighted by atomic mass is 10.0. The van der Waals surface area contributed by atoms with Gasteiger partial charge in [0.05, 0.1) is 34.1 Å². The van der Waals surface area contributed by atoms with E-state index in [-0.39, 0.29) is 0 Å². The number of benzene rings is 4. The Hall–Kier alpha value is -5.09. The van der Waals surface area contributed by atoms with Crippen molar-refractivity contribution in [1.82, 2.24) is 14.0 Å². The van der Waals surface area contributed by atoms with Crippen molar-refractivity contribution >= 4 is 38.4 Å². The summed E-state index contributed by atoms with van der Waals surface area (Å²) in [5, 5.41) is 3.45. The van der Waals surface area contributed by atoms with Crippen LogP contribution in [0.3, 0.4) is 0 Å². The molecule has 0 atom stereocenters. The molecule has 0 amide bonds. The van der Waals surface area contributed by atoms with Crippen LogP contribution in [0.5, 0.6) is 0 Å². The van der Waals surface area contributed by atoms with Crippen LogP contribution in [0.25, 0.3) is 66.6 Å². The number of imidazole rings is 1. The molecule has 0 aliphatic heterocycles. The van der Waals surface area contributed by atoms with Crippen LogP contribution >= 0.6 is 0 Å². The second kappa shape index (κ2) is 7.70. The Morgan fingerprint density at radius 3 is 2.32 bits per heavy atom. The molecule has 0 spiro atoms. The van der Waals surface area contributed by atoms with Crippen molar-refractivity contribution < 1.29 is 4.42 Å². The van der Waals surface area contributed by atoms with E-state index in [2.05, 4.69) is 106 Å².